The van der Waals surface area contributed by atoms with E-state index in [4.69, 9.17) is 43.2 Å². The minimum atomic E-state index is -4.23. The lowest BCUT2D eigenvalue weighted by Crippen LogP contribution is -2.52. The molecule has 4 aliphatic heterocycles. The molecule has 2 N–H and O–H groups in total. The highest BCUT2D eigenvalue weighted by atomic mass is 32.2. The molecule has 0 aliphatic carbocycles. The highest BCUT2D eigenvalue weighted by molar-refractivity contribution is 7.89. The third kappa shape index (κ3) is 18.3. The Morgan fingerprint density at radius 3 is 1.86 bits per heavy atom. The molecule has 2 saturated heterocycles. The van der Waals surface area contributed by atoms with Crippen molar-refractivity contribution in [1.29, 1.82) is 10.5 Å². The SMILES string of the molecule is CC(C)(CCCC(=NC#N)Oc1ccccc1)CN(C[C@@H](O)[C@H](Cc1ccccc1)NC(=O)O[C@H]1CO[C@H]2OCC[C@H]21)S(=O)(=O)c1ccc2c(c1)OCO2.CC(CCCC(C)(C)CN(CC(C)C)S(=O)(=O)c1ccc2c(c1)OCO2)=NC#N. The van der Waals surface area contributed by atoms with E-state index in [2.05, 4.69) is 29.1 Å². The van der Waals surface area contributed by atoms with E-state index >= 15 is 0 Å². The van der Waals surface area contributed by atoms with Gasteiger partial charge in [0.2, 0.25) is 51.9 Å². The standard InChI is InChI=1S/C39H46N4O10S.C21H31N3O4S/c1-39(2,18-9-14-36(41-25-40)52-28-12-7-4-8-13-28)24-43(54(46,47)29-15-16-33-34(21-29)51-26-50-33)22-32(44)31(20-27-10-5-3-6-11-27)42-38(45)53-35-23-49-37-30(35)17-19-48-37;1-16(2)12-24(13-21(4,5)10-6-7-17(3)23-14-22)29(25,26)18-8-9-19-20(11-18)28-15-27-19/h3-8,10-13,15-16,21,30-32,35,37,44H,9,14,17-20,22-24,26H2,1-2H3,(H,42,45);8-9,11,16H,6-7,10,12-13,15H2,1-5H3/t30-,31-,32+,35-,37+;/m0./s1. The third-order valence-corrected chi connectivity index (χ3v) is 18.1. The normalized spacial score (nSPS) is 18.4. The average molecular weight is 1180 g/mol. The van der Waals surface area contributed by atoms with Crippen molar-refractivity contribution in [2.45, 2.75) is 134 Å². The van der Waals surface area contributed by atoms with Gasteiger partial charge in [-0.25, -0.2) is 21.6 Å². The van der Waals surface area contributed by atoms with Crippen LogP contribution < -0.4 is 29.0 Å². The van der Waals surface area contributed by atoms with E-state index in [9.17, 15) is 32.0 Å². The molecule has 0 aromatic heterocycles. The van der Waals surface area contributed by atoms with Crippen LogP contribution in [0, 0.1) is 45.6 Å². The molecule has 5 atom stereocenters. The molecule has 4 aromatic carbocycles. The molecule has 8 rings (SSSR count). The summed E-state index contributed by atoms with van der Waals surface area (Å²) in [6.45, 7) is 15.2. The van der Waals surface area contributed by atoms with Crippen molar-refractivity contribution < 1.29 is 64.6 Å². The molecule has 2 fully saturated rings. The zero-order valence-electron chi connectivity index (χ0n) is 48.3. The van der Waals surface area contributed by atoms with E-state index < -0.39 is 56.1 Å². The summed E-state index contributed by atoms with van der Waals surface area (Å²) in [7, 11) is -7.90. The van der Waals surface area contributed by atoms with Gasteiger partial charge in [0.1, 0.15) is 11.9 Å². The minimum Gasteiger partial charge on any atom is -0.454 e. The molecule has 0 radical (unpaired) electrons. The summed E-state index contributed by atoms with van der Waals surface area (Å²) >= 11 is 0. The number of sulfonamides is 2. The minimum absolute atomic E-state index is 0.0100. The number of fused-ring (bicyclic) bond motifs is 3. The number of benzene rings is 4. The van der Waals surface area contributed by atoms with E-state index in [0.717, 1.165) is 30.5 Å². The summed E-state index contributed by atoms with van der Waals surface area (Å²) < 4.78 is 103. The Balaban J connectivity index is 0.000000288. The maximum atomic E-state index is 14.5. The van der Waals surface area contributed by atoms with Gasteiger partial charge in [0, 0.05) is 50.4 Å². The molecule has 83 heavy (non-hydrogen) atoms. The lowest BCUT2D eigenvalue weighted by molar-refractivity contribution is -0.0907. The van der Waals surface area contributed by atoms with Crippen LogP contribution in [0.2, 0.25) is 0 Å². The van der Waals surface area contributed by atoms with Gasteiger partial charge in [-0.15, -0.1) is 4.99 Å². The number of hydrogen-bond donors (Lipinski definition) is 2. The van der Waals surface area contributed by atoms with Crippen LogP contribution in [-0.4, -0.2) is 126 Å². The van der Waals surface area contributed by atoms with Crippen LogP contribution in [0.15, 0.2) is 117 Å². The highest BCUT2D eigenvalue weighted by Gasteiger charge is 2.44. The van der Waals surface area contributed by atoms with Gasteiger partial charge in [0.15, 0.2) is 29.3 Å². The van der Waals surface area contributed by atoms with Crippen molar-refractivity contribution in [3.63, 3.8) is 0 Å². The van der Waals surface area contributed by atoms with Gasteiger partial charge in [-0.3, -0.25) is 0 Å². The summed E-state index contributed by atoms with van der Waals surface area (Å²) in [5, 5.41) is 32.6. The summed E-state index contributed by atoms with van der Waals surface area (Å²) in [6.07, 6.45) is 5.30. The lowest BCUT2D eigenvalue weighted by Gasteiger charge is -2.35. The number of nitriles is 2. The van der Waals surface area contributed by atoms with Crippen LogP contribution in [0.3, 0.4) is 0 Å². The van der Waals surface area contributed by atoms with Gasteiger partial charge in [-0.2, -0.15) is 24.1 Å². The van der Waals surface area contributed by atoms with Gasteiger partial charge >= 0.3 is 6.09 Å². The first-order valence-corrected chi connectivity index (χ1v) is 30.8. The smallest absolute Gasteiger partial charge is 0.407 e. The zero-order chi connectivity index (χ0) is 59.8. The molecule has 0 spiro atoms. The second-order valence-corrected chi connectivity index (χ2v) is 26.9. The van der Waals surface area contributed by atoms with Crippen LogP contribution in [0.4, 0.5) is 4.79 Å². The molecule has 4 aromatic rings. The van der Waals surface area contributed by atoms with Crippen LogP contribution >= 0.6 is 0 Å². The zero-order valence-corrected chi connectivity index (χ0v) is 49.9. The summed E-state index contributed by atoms with van der Waals surface area (Å²) in [5.74, 6) is 2.68. The summed E-state index contributed by atoms with van der Waals surface area (Å²) in [4.78, 5) is 21.1. The highest BCUT2D eigenvalue weighted by Crippen LogP contribution is 2.38. The predicted molar refractivity (Wildman–Crippen MR) is 309 cm³/mol. The van der Waals surface area contributed by atoms with Crippen molar-refractivity contribution in [3.8, 4) is 41.1 Å². The van der Waals surface area contributed by atoms with Gasteiger partial charge in [-0.05, 0) is 111 Å². The van der Waals surface area contributed by atoms with Gasteiger partial charge < -0.3 is 48.3 Å². The molecule has 21 nitrogen and oxygen atoms in total. The number of carbonyl (C=O) groups is 1. The molecular weight excluding hydrogens is 1110 g/mol. The second-order valence-electron chi connectivity index (χ2n) is 23.0. The number of alkyl carbamates (subject to hydrolysis) is 1. The lowest BCUT2D eigenvalue weighted by atomic mass is 9.86. The van der Waals surface area contributed by atoms with Gasteiger partial charge in [-0.1, -0.05) is 90.1 Å². The maximum absolute atomic E-state index is 14.5. The van der Waals surface area contributed by atoms with E-state index in [1.54, 1.807) is 53.1 Å². The van der Waals surface area contributed by atoms with Crippen LogP contribution in [0.1, 0.15) is 99.0 Å². The number of hydrogen-bond acceptors (Lipinski definition) is 18. The monoisotopic (exact) mass is 1180 g/mol. The number of aliphatic imine (C=N–C) groups is 2. The first-order chi connectivity index (χ1) is 39.5. The Labute approximate surface area is 488 Å². The van der Waals surface area contributed by atoms with Crippen molar-refractivity contribution in [2.24, 2.45) is 32.7 Å². The summed E-state index contributed by atoms with van der Waals surface area (Å²) in [6, 6.07) is 26.6. The van der Waals surface area contributed by atoms with Crippen LogP contribution in [-0.2, 0) is 40.7 Å². The van der Waals surface area contributed by atoms with Gasteiger partial charge in [0.25, 0.3) is 0 Å². The largest absolute Gasteiger partial charge is 0.454 e. The number of para-hydroxylation sites is 1. The Morgan fingerprint density at radius 2 is 1.29 bits per heavy atom. The topological polar surface area (TPSA) is 270 Å². The predicted octanol–water partition coefficient (Wildman–Crippen LogP) is 9.22. The number of aliphatic hydroxyl groups excluding tert-OH is 1. The fourth-order valence-electron chi connectivity index (χ4n) is 10.2. The first-order valence-electron chi connectivity index (χ1n) is 27.9. The molecule has 448 valence electrons. The van der Waals surface area contributed by atoms with Crippen molar-refractivity contribution >= 4 is 37.7 Å². The number of ether oxygens (including phenoxy) is 8. The Bertz CT molecular complexity index is 3190. The second kappa shape index (κ2) is 29.1. The number of aliphatic hydroxyl groups is 1. The van der Waals surface area contributed by atoms with Gasteiger partial charge in [0.05, 0.1) is 41.1 Å². The van der Waals surface area contributed by atoms with Crippen molar-refractivity contribution in [3.05, 3.63) is 103 Å². The Hall–Kier alpha value is -6.83. The fourth-order valence-corrected chi connectivity index (χ4v) is 13.7. The molecule has 23 heteroatoms. The van der Waals surface area contributed by atoms with Crippen molar-refractivity contribution in [2.75, 3.05) is 53.0 Å². The van der Waals surface area contributed by atoms with E-state index in [0.29, 0.717) is 74.1 Å². The number of rotatable bonds is 26. The summed E-state index contributed by atoms with van der Waals surface area (Å²) in [5.41, 5.74) is 0.784. The Morgan fingerprint density at radius 1 is 0.747 bits per heavy atom. The molecular formula is C60H77N7O14S2. The quantitative estimate of drug-likeness (QED) is 0.0337. The van der Waals surface area contributed by atoms with Crippen LogP contribution in [0.25, 0.3) is 0 Å². The van der Waals surface area contributed by atoms with Crippen LogP contribution in [0.5, 0.6) is 28.7 Å². The van der Waals surface area contributed by atoms with E-state index in [1.807, 2.05) is 83.1 Å². The van der Waals surface area contributed by atoms with Crippen molar-refractivity contribution in [1.82, 2.24) is 13.9 Å². The average Bonchev–Trinajstić information content (AvgIpc) is 4.50. The number of nitrogens with one attached hydrogen (secondary N) is 1. The van der Waals surface area contributed by atoms with E-state index in [1.165, 1.54) is 16.4 Å². The first kappa shape index (κ1) is 63.7. The number of carbonyl (C=O) groups excluding carboxylic acids is 1. The van der Waals surface area contributed by atoms with E-state index in [-0.39, 0.29) is 72.6 Å². The third-order valence-electron chi connectivity index (χ3n) is 14.5. The molecule has 1 amide bonds. The fraction of sp³-hybridized carbons (Fsp3) is 0.517. The number of amides is 1. The molecule has 0 saturated carbocycles. The molecule has 0 unspecified atom stereocenters. The maximum Gasteiger partial charge on any atom is 0.407 e. The molecule has 4 aliphatic rings. The molecule has 4 heterocycles. The molecule has 0 bridgehead atoms. The Kier molecular flexibility index (Phi) is 22.4. The number of nitrogens with zero attached hydrogens (tertiary/aromatic N) is 6.